The number of rotatable bonds is 5. The molecule has 2 N–H and O–H groups in total. The third-order valence-corrected chi connectivity index (χ3v) is 4.03. The summed E-state index contributed by atoms with van der Waals surface area (Å²) in [5.41, 5.74) is 2.65. The lowest BCUT2D eigenvalue weighted by molar-refractivity contribution is -0.0257. The summed E-state index contributed by atoms with van der Waals surface area (Å²) in [5, 5.41) is 4.55. The van der Waals surface area contributed by atoms with Gasteiger partial charge in [-0.05, 0) is 25.1 Å². The number of ether oxygens (including phenoxy) is 1. The van der Waals surface area contributed by atoms with Crippen LogP contribution in [0, 0.1) is 0 Å². The minimum atomic E-state index is 0.330. The monoisotopic (exact) mass is 273 g/mol. The van der Waals surface area contributed by atoms with Crippen LogP contribution in [0.3, 0.4) is 0 Å². The van der Waals surface area contributed by atoms with Crippen LogP contribution in [0.15, 0.2) is 30.5 Å². The summed E-state index contributed by atoms with van der Waals surface area (Å²) in [6.07, 6.45) is 3.57. The Morgan fingerprint density at radius 3 is 3.20 bits per heavy atom. The second-order valence-electron chi connectivity index (χ2n) is 5.46. The van der Waals surface area contributed by atoms with Gasteiger partial charge in [0.2, 0.25) is 0 Å². The number of nitrogens with zero attached hydrogens (tertiary/aromatic N) is 1. The minimum Gasteiger partial charge on any atom is -0.374 e. The highest BCUT2D eigenvalue weighted by Gasteiger charge is 2.19. The lowest BCUT2D eigenvalue weighted by atomic mass is 10.1. The first-order valence-electron chi connectivity index (χ1n) is 7.40. The van der Waals surface area contributed by atoms with Crippen molar-refractivity contribution < 1.29 is 4.74 Å². The normalized spacial score (nSPS) is 20.6. The Hall–Kier alpha value is -1.36. The van der Waals surface area contributed by atoms with Gasteiger partial charge < -0.3 is 15.0 Å². The quantitative estimate of drug-likeness (QED) is 0.870. The van der Waals surface area contributed by atoms with E-state index in [1.165, 1.54) is 16.5 Å². The molecule has 1 aromatic carbocycles. The Bertz CT molecular complexity index is 549. The maximum atomic E-state index is 5.75. The Morgan fingerprint density at radius 2 is 2.30 bits per heavy atom. The molecular weight excluding hydrogens is 250 g/mol. The Balaban J connectivity index is 1.59. The van der Waals surface area contributed by atoms with E-state index in [4.69, 9.17) is 4.74 Å². The second kappa shape index (κ2) is 6.39. The number of benzene rings is 1. The van der Waals surface area contributed by atoms with Crippen LogP contribution < -0.4 is 5.32 Å². The molecule has 1 unspecified atom stereocenters. The van der Waals surface area contributed by atoms with E-state index < -0.39 is 0 Å². The fraction of sp³-hybridized carbons (Fsp3) is 0.500. The number of likely N-dealkylation sites (N-methyl/N-ethyl adjacent to an activating group) is 1. The maximum absolute atomic E-state index is 5.75. The van der Waals surface area contributed by atoms with E-state index >= 15 is 0 Å². The van der Waals surface area contributed by atoms with Crippen LogP contribution in [-0.4, -0.2) is 55.8 Å². The van der Waals surface area contributed by atoms with Gasteiger partial charge in [0.05, 0.1) is 12.7 Å². The third kappa shape index (κ3) is 3.03. The largest absolute Gasteiger partial charge is 0.374 e. The van der Waals surface area contributed by atoms with Gasteiger partial charge in [-0.25, -0.2) is 0 Å². The summed E-state index contributed by atoms with van der Waals surface area (Å²) >= 11 is 0. The van der Waals surface area contributed by atoms with Crippen LogP contribution in [-0.2, 0) is 11.2 Å². The molecule has 0 aliphatic carbocycles. The van der Waals surface area contributed by atoms with Crippen molar-refractivity contribution in [1.82, 2.24) is 15.2 Å². The average molecular weight is 273 g/mol. The van der Waals surface area contributed by atoms with E-state index in [1.54, 1.807) is 0 Å². The number of hydrogen-bond donors (Lipinski definition) is 2. The molecule has 0 radical (unpaired) electrons. The molecule has 108 valence electrons. The highest BCUT2D eigenvalue weighted by Crippen LogP contribution is 2.18. The van der Waals surface area contributed by atoms with Gasteiger partial charge in [-0.2, -0.15) is 0 Å². The SMILES string of the molecule is CNCC1CN(CCc2c[nH]c3ccccc23)CCO1. The summed E-state index contributed by atoms with van der Waals surface area (Å²) in [4.78, 5) is 5.86. The molecule has 0 bridgehead atoms. The molecule has 0 saturated carbocycles. The molecule has 1 atom stereocenters. The van der Waals surface area contributed by atoms with Gasteiger partial charge >= 0.3 is 0 Å². The molecule has 2 heterocycles. The van der Waals surface area contributed by atoms with Gasteiger partial charge in [0.1, 0.15) is 0 Å². The van der Waals surface area contributed by atoms with Crippen molar-refractivity contribution in [3.05, 3.63) is 36.0 Å². The first kappa shape index (κ1) is 13.6. The van der Waals surface area contributed by atoms with Crippen LogP contribution in [0.5, 0.6) is 0 Å². The van der Waals surface area contributed by atoms with Crippen LogP contribution in [0.1, 0.15) is 5.56 Å². The zero-order valence-corrected chi connectivity index (χ0v) is 12.1. The van der Waals surface area contributed by atoms with E-state index in [-0.39, 0.29) is 0 Å². The van der Waals surface area contributed by atoms with Crippen LogP contribution in [0.25, 0.3) is 10.9 Å². The summed E-state index contributed by atoms with van der Waals surface area (Å²) in [6, 6.07) is 8.52. The van der Waals surface area contributed by atoms with Gasteiger partial charge in [0.25, 0.3) is 0 Å². The fourth-order valence-corrected chi connectivity index (χ4v) is 2.95. The average Bonchev–Trinajstić information content (AvgIpc) is 2.89. The fourth-order valence-electron chi connectivity index (χ4n) is 2.95. The van der Waals surface area contributed by atoms with Crippen molar-refractivity contribution in [2.24, 2.45) is 0 Å². The highest BCUT2D eigenvalue weighted by molar-refractivity contribution is 5.83. The number of H-pyrrole nitrogens is 1. The van der Waals surface area contributed by atoms with E-state index in [0.29, 0.717) is 6.10 Å². The molecule has 0 spiro atoms. The highest BCUT2D eigenvalue weighted by atomic mass is 16.5. The summed E-state index contributed by atoms with van der Waals surface area (Å²) in [5.74, 6) is 0. The summed E-state index contributed by atoms with van der Waals surface area (Å²) in [7, 11) is 1.98. The predicted octanol–water partition coefficient (Wildman–Crippen LogP) is 1.63. The molecule has 4 nitrogen and oxygen atoms in total. The number of para-hydroxylation sites is 1. The molecule has 1 aromatic heterocycles. The molecule has 20 heavy (non-hydrogen) atoms. The number of aromatic nitrogens is 1. The van der Waals surface area contributed by atoms with Crippen LogP contribution in [0.4, 0.5) is 0 Å². The first-order chi connectivity index (χ1) is 9.86. The molecule has 0 amide bonds. The second-order valence-corrected chi connectivity index (χ2v) is 5.46. The zero-order chi connectivity index (χ0) is 13.8. The summed E-state index contributed by atoms with van der Waals surface area (Å²) < 4.78 is 5.75. The lowest BCUT2D eigenvalue weighted by Crippen LogP contribution is -2.46. The predicted molar refractivity (Wildman–Crippen MR) is 82.1 cm³/mol. The Labute approximate surface area is 120 Å². The number of hydrogen-bond acceptors (Lipinski definition) is 3. The summed E-state index contributed by atoms with van der Waals surface area (Å²) in [6.45, 7) is 4.96. The van der Waals surface area contributed by atoms with E-state index in [9.17, 15) is 0 Å². The Kier molecular flexibility index (Phi) is 4.35. The Morgan fingerprint density at radius 1 is 1.40 bits per heavy atom. The van der Waals surface area contributed by atoms with Gasteiger partial charge in [-0.15, -0.1) is 0 Å². The van der Waals surface area contributed by atoms with Crippen molar-refractivity contribution in [2.75, 3.05) is 39.8 Å². The van der Waals surface area contributed by atoms with Crippen molar-refractivity contribution >= 4 is 10.9 Å². The standard InChI is InChI=1S/C16H23N3O/c1-17-11-14-12-19(8-9-20-14)7-6-13-10-18-16-5-3-2-4-15(13)16/h2-5,10,14,17-18H,6-9,11-12H2,1H3. The maximum Gasteiger partial charge on any atom is 0.0826 e. The number of aromatic amines is 1. The van der Waals surface area contributed by atoms with E-state index in [0.717, 1.165) is 39.2 Å². The molecular formula is C16H23N3O. The molecule has 1 fully saturated rings. The van der Waals surface area contributed by atoms with Crippen LogP contribution in [0.2, 0.25) is 0 Å². The van der Waals surface area contributed by atoms with Gasteiger partial charge in [0.15, 0.2) is 0 Å². The van der Waals surface area contributed by atoms with Crippen molar-refractivity contribution in [2.45, 2.75) is 12.5 Å². The smallest absolute Gasteiger partial charge is 0.0826 e. The topological polar surface area (TPSA) is 40.3 Å². The zero-order valence-electron chi connectivity index (χ0n) is 12.1. The number of morpholine rings is 1. The van der Waals surface area contributed by atoms with Crippen molar-refractivity contribution in [1.29, 1.82) is 0 Å². The molecule has 4 heteroatoms. The van der Waals surface area contributed by atoms with Gasteiger partial charge in [0, 0.05) is 43.3 Å². The van der Waals surface area contributed by atoms with Crippen LogP contribution >= 0.6 is 0 Å². The lowest BCUT2D eigenvalue weighted by Gasteiger charge is -2.32. The first-order valence-corrected chi connectivity index (χ1v) is 7.40. The minimum absolute atomic E-state index is 0.330. The van der Waals surface area contributed by atoms with Gasteiger partial charge in [-0.1, -0.05) is 18.2 Å². The molecule has 1 aliphatic heterocycles. The third-order valence-electron chi connectivity index (χ3n) is 4.03. The van der Waals surface area contributed by atoms with E-state index in [2.05, 4.69) is 45.7 Å². The number of nitrogens with one attached hydrogen (secondary N) is 2. The molecule has 1 aliphatic rings. The molecule has 1 saturated heterocycles. The van der Waals surface area contributed by atoms with E-state index in [1.807, 2.05) is 7.05 Å². The van der Waals surface area contributed by atoms with Crippen molar-refractivity contribution in [3.8, 4) is 0 Å². The van der Waals surface area contributed by atoms with Gasteiger partial charge in [-0.3, -0.25) is 4.90 Å². The van der Waals surface area contributed by atoms with Crippen molar-refractivity contribution in [3.63, 3.8) is 0 Å². The molecule has 2 aromatic rings. The molecule has 3 rings (SSSR count). The number of fused-ring (bicyclic) bond motifs is 1.